The fraction of sp³-hybridized carbons (Fsp3) is 0.105. The molecule has 0 aliphatic carbocycles. The highest BCUT2D eigenvalue weighted by atomic mass is 16.4. The number of rotatable bonds is 5. The molecule has 0 radical (unpaired) electrons. The lowest BCUT2D eigenvalue weighted by Crippen LogP contribution is -2.42. The molecule has 0 spiro atoms. The molecule has 0 aliphatic heterocycles. The quantitative estimate of drug-likeness (QED) is 0.757. The Kier molecular flexibility index (Phi) is 4.52. The smallest absolute Gasteiger partial charge is 0.326 e. The summed E-state index contributed by atoms with van der Waals surface area (Å²) in [5.41, 5.74) is 1.85. The maximum Gasteiger partial charge on any atom is 0.326 e. The summed E-state index contributed by atoms with van der Waals surface area (Å²) in [4.78, 5) is 28.1. The lowest BCUT2D eigenvalue weighted by molar-refractivity contribution is -0.139. The summed E-state index contributed by atoms with van der Waals surface area (Å²) < 4.78 is 0. The summed E-state index contributed by atoms with van der Waals surface area (Å²) in [5, 5.41) is 12.9. The molecule has 2 aromatic carbocycles. The van der Waals surface area contributed by atoms with Crippen molar-refractivity contribution >= 4 is 22.8 Å². The van der Waals surface area contributed by atoms with Gasteiger partial charge in [0.05, 0.1) is 5.52 Å². The largest absolute Gasteiger partial charge is 0.480 e. The number of nitrogens with one attached hydrogen (secondary N) is 1. The van der Waals surface area contributed by atoms with Crippen LogP contribution in [0.25, 0.3) is 10.9 Å². The number of amides is 1. The van der Waals surface area contributed by atoms with Gasteiger partial charge < -0.3 is 10.4 Å². The second kappa shape index (κ2) is 6.91. The number of hydrogen-bond donors (Lipinski definition) is 2. The van der Waals surface area contributed by atoms with E-state index in [4.69, 9.17) is 0 Å². The third-order valence-corrected chi connectivity index (χ3v) is 3.71. The number of hydrogen-bond acceptors (Lipinski definition) is 3. The van der Waals surface area contributed by atoms with Gasteiger partial charge in [-0.2, -0.15) is 0 Å². The van der Waals surface area contributed by atoms with Crippen molar-refractivity contribution in [2.75, 3.05) is 0 Å². The predicted octanol–water partition coefficient (Wildman–Crippen LogP) is 2.66. The first-order valence-electron chi connectivity index (χ1n) is 7.57. The van der Waals surface area contributed by atoms with Crippen molar-refractivity contribution < 1.29 is 14.7 Å². The van der Waals surface area contributed by atoms with Gasteiger partial charge >= 0.3 is 5.97 Å². The van der Waals surface area contributed by atoms with Crippen molar-refractivity contribution in [1.82, 2.24) is 10.3 Å². The first-order valence-corrected chi connectivity index (χ1v) is 7.57. The number of carboxylic acids is 1. The van der Waals surface area contributed by atoms with Gasteiger partial charge in [-0.3, -0.25) is 9.78 Å². The number of para-hydroxylation sites is 1. The third kappa shape index (κ3) is 3.57. The van der Waals surface area contributed by atoms with Crippen LogP contribution in [0.15, 0.2) is 66.7 Å². The van der Waals surface area contributed by atoms with Crippen LogP contribution in [0, 0.1) is 0 Å². The van der Waals surface area contributed by atoms with Gasteiger partial charge in [0.15, 0.2) is 0 Å². The lowest BCUT2D eigenvalue weighted by atomic mass is 10.1. The Morgan fingerprint density at radius 1 is 0.958 bits per heavy atom. The Bertz CT molecular complexity index is 878. The first-order chi connectivity index (χ1) is 11.6. The van der Waals surface area contributed by atoms with E-state index in [-0.39, 0.29) is 6.42 Å². The van der Waals surface area contributed by atoms with E-state index in [2.05, 4.69) is 10.3 Å². The molecule has 120 valence electrons. The number of nitrogens with zero attached hydrogens (tertiary/aromatic N) is 1. The highest BCUT2D eigenvalue weighted by molar-refractivity contribution is 5.96. The molecule has 0 bridgehead atoms. The molecule has 1 heterocycles. The molecule has 0 fully saturated rings. The van der Waals surface area contributed by atoms with Crippen LogP contribution in [0.4, 0.5) is 0 Å². The fourth-order valence-electron chi connectivity index (χ4n) is 2.46. The van der Waals surface area contributed by atoms with Gasteiger partial charge in [-0.1, -0.05) is 42.5 Å². The number of aromatic nitrogens is 1. The zero-order valence-electron chi connectivity index (χ0n) is 12.8. The van der Waals surface area contributed by atoms with E-state index in [0.29, 0.717) is 11.3 Å². The molecule has 0 unspecified atom stereocenters. The number of carboxylic acid groups (broad SMARTS) is 1. The Hall–Kier alpha value is -3.21. The highest BCUT2D eigenvalue weighted by Gasteiger charge is 2.21. The van der Waals surface area contributed by atoms with Crippen molar-refractivity contribution in [1.29, 1.82) is 0 Å². The van der Waals surface area contributed by atoms with E-state index in [1.54, 1.807) is 36.4 Å². The molecule has 2 N–H and O–H groups in total. The molecule has 5 heteroatoms. The molecule has 1 amide bonds. The maximum absolute atomic E-state index is 12.2. The molecule has 3 rings (SSSR count). The van der Waals surface area contributed by atoms with Crippen molar-refractivity contribution in [3.63, 3.8) is 0 Å². The fourth-order valence-corrected chi connectivity index (χ4v) is 2.46. The van der Waals surface area contributed by atoms with Crippen LogP contribution in [0.3, 0.4) is 0 Å². The van der Waals surface area contributed by atoms with Crippen molar-refractivity contribution in [2.45, 2.75) is 12.5 Å². The Labute approximate surface area is 139 Å². The van der Waals surface area contributed by atoms with Crippen LogP contribution in [0.2, 0.25) is 0 Å². The van der Waals surface area contributed by atoms with Crippen LogP contribution in [0.5, 0.6) is 0 Å². The number of carbonyl (C=O) groups excluding carboxylic acids is 1. The SMILES string of the molecule is O=C(N[C@@H](Cc1ccc2ccccc2n1)C(=O)O)c1ccccc1. The molecule has 0 aliphatic rings. The molecular formula is C19H16N2O3. The van der Waals surface area contributed by atoms with E-state index < -0.39 is 17.9 Å². The number of fused-ring (bicyclic) bond motifs is 1. The van der Waals surface area contributed by atoms with Gasteiger partial charge in [0, 0.05) is 23.1 Å². The highest BCUT2D eigenvalue weighted by Crippen LogP contribution is 2.13. The minimum atomic E-state index is -1.09. The molecule has 1 atom stereocenters. The van der Waals surface area contributed by atoms with E-state index in [9.17, 15) is 14.7 Å². The van der Waals surface area contributed by atoms with Crippen LogP contribution in [-0.2, 0) is 11.2 Å². The number of aliphatic carboxylic acids is 1. The third-order valence-electron chi connectivity index (χ3n) is 3.71. The van der Waals surface area contributed by atoms with E-state index in [1.165, 1.54) is 0 Å². The van der Waals surface area contributed by atoms with Crippen LogP contribution in [-0.4, -0.2) is 28.0 Å². The van der Waals surface area contributed by atoms with Gasteiger partial charge in [0.25, 0.3) is 5.91 Å². The second-order valence-corrected chi connectivity index (χ2v) is 5.43. The average molecular weight is 320 g/mol. The van der Waals surface area contributed by atoms with E-state index in [1.807, 2.05) is 30.3 Å². The summed E-state index contributed by atoms with van der Waals surface area (Å²) in [6.45, 7) is 0. The first kappa shape index (κ1) is 15.7. The standard InChI is InChI=1S/C19H16N2O3/c22-18(14-7-2-1-3-8-14)21-17(19(23)24)12-15-11-10-13-6-4-5-9-16(13)20-15/h1-11,17H,12H2,(H,21,22)(H,23,24)/t17-/m0/s1. The molecule has 24 heavy (non-hydrogen) atoms. The predicted molar refractivity (Wildman–Crippen MR) is 90.8 cm³/mol. The van der Waals surface area contributed by atoms with Gasteiger partial charge in [-0.25, -0.2) is 4.79 Å². The van der Waals surface area contributed by atoms with Crippen molar-refractivity contribution in [2.24, 2.45) is 0 Å². The number of carbonyl (C=O) groups is 2. The molecule has 0 saturated heterocycles. The molecule has 5 nitrogen and oxygen atoms in total. The van der Waals surface area contributed by atoms with Gasteiger partial charge in [-0.15, -0.1) is 0 Å². The monoisotopic (exact) mass is 320 g/mol. The maximum atomic E-state index is 12.2. The number of pyridine rings is 1. The summed E-state index contributed by atoms with van der Waals surface area (Å²) in [7, 11) is 0. The van der Waals surface area contributed by atoms with Crippen molar-refractivity contribution in [3.05, 3.63) is 78.0 Å². The minimum Gasteiger partial charge on any atom is -0.480 e. The normalized spacial score (nSPS) is 11.8. The second-order valence-electron chi connectivity index (χ2n) is 5.43. The molecule has 3 aromatic rings. The van der Waals surface area contributed by atoms with Crippen LogP contribution >= 0.6 is 0 Å². The van der Waals surface area contributed by atoms with Crippen molar-refractivity contribution in [3.8, 4) is 0 Å². The van der Waals surface area contributed by atoms with E-state index >= 15 is 0 Å². The van der Waals surface area contributed by atoms with Gasteiger partial charge in [0.2, 0.25) is 0 Å². The Morgan fingerprint density at radius 2 is 1.67 bits per heavy atom. The van der Waals surface area contributed by atoms with Gasteiger partial charge in [-0.05, 0) is 24.3 Å². The van der Waals surface area contributed by atoms with Crippen LogP contribution < -0.4 is 5.32 Å². The van der Waals surface area contributed by atoms with E-state index in [0.717, 1.165) is 10.9 Å². The molecular weight excluding hydrogens is 304 g/mol. The Balaban J connectivity index is 1.78. The zero-order valence-corrected chi connectivity index (χ0v) is 12.8. The zero-order chi connectivity index (χ0) is 16.9. The number of benzene rings is 2. The van der Waals surface area contributed by atoms with Gasteiger partial charge in [0.1, 0.15) is 6.04 Å². The average Bonchev–Trinajstić information content (AvgIpc) is 2.61. The summed E-state index contributed by atoms with van der Waals surface area (Å²) in [6, 6.07) is 18.8. The topological polar surface area (TPSA) is 79.3 Å². The van der Waals surface area contributed by atoms with Crippen LogP contribution in [0.1, 0.15) is 16.1 Å². The Morgan fingerprint density at radius 3 is 2.42 bits per heavy atom. The summed E-state index contributed by atoms with van der Waals surface area (Å²) in [5.74, 6) is -1.50. The molecule has 0 saturated carbocycles. The summed E-state index contributed by atoms with van der Waals surface area (Å²) in [6.07, 6.45) is 0.124. The minimum absolute atomic E-state index is 0.124. The lowest BCUT2D eigenvalue weighted by Gasteiger charge is -2.14. The molecule has 1 aromatic heterocycles. The summed E-state index contributed by atoms with van der Waals surface area (Å²) >= 11 is 0.